The fourth-order valence-corrected chi connectivity index (χ4v) is 1.60. The molecule has 92 valence electrons. The van der Waals surface area contributed by atoms with Crippen molar-refractivity contribution >= 4 is 12.6 Å². The van der Waals surface area contributed by atoms with Crippen LogP contribution in [0.1, 0.15) is 17.6 Å². The van der Waals surface area contributed by atoms with Crippen LogP contribution < -0.4 is 0 Å². The lowest BCUT2D eigenvalue weighted by atomic mass is 10.2. The summed E-state index contributed by atoms with van der Waals surface area (Å²) in [6, 6.07) is 1.80. The Kier molecular flexibility index (Phi) is 3.51. The highest BCUT2D eigenvalue weighted by atomic mass is 32.1. The van der Waals surface area contributed by atoms with Crippen molar-refractivity contribution in [2.24, 2.45) is 0 Å². The number of ether oxygens (including phenoxy) is 2. The standard InChI is InChI=1S/C10H12N2O4S/c1-5-4-6(9(13-2)14-3)15-7(5)8-11-12-10(17)16-8/h4,9H,1-3H3,(H,12,17). The van der Waals surface area contributed by atoms with Crippen LogP contribution in [0.4, 0.5) is 0 Å². The number of hydrogen-bond donors (Lipinski definition) is 1. The third kappa shape index (κ3) is 2.36. The largest absolute Gasteiger partial charge is 0.450 e. The van der Waals surface area contributed by atoms with Crippen LogP contribution in [0.5, 0.6) is 0 Å². The lowest BCUT2D eigenvalue weighted by molar-refractivity contribution is -0.117. The van der Waals surface area contributed by atoms with Crippen LogP contribution in [-0.4, -0.2) is 24.4 Å². The Morgan fingerprint density at radius 1 is 1.24 bits per heavy atom. The van der Waals surface area contributed by atoms with Gasteiger partial charge in [0.05, 0.1) is 0 Å². The molecular weight excluding hydrogens is 244 g/mol. The number of aromatic nitrogens is 2. The lowest BCUT2D eigenvalue weighted by Gasteiger charge is -2.09. The minimum Gasteiger partial charge on any atom is -0.450 e. The molecule has 0 atom stereocenters. The van der Waals surface area contributed by atoms with E-state index < -0.39 is 6.29 Å². The van der Waals surface area contributed by atoms with E-state index in [9.17, 15) is 0 Å². The normalized spacial score (nSPS) is 11.4. The molecule has 0 radical (unpaired) electrons. The molecule has 0 N–H and O–H groups in total. The number of methoxy groups -OCH3 is 2. The van der Waals surface area contributed by atoms with Gasteiger partial charge in [-0.2, -0.15) is 0 Å². The molecule has 0 bridgehead atoms. The summed E-state index contributed by atoms with van der Waals surface area (Å²) < 4.78 is 20.9. The van der Waals surface area contributed by atoms with E-state index in [-0.39, 0.29) is 11.1 Å². The minimum absolute atomic E-state index is 0.187. The second-order valence-electron chi connectivity index (χ2n) is 3.35. The molecule has 0 fully saturated rings. The van der Waals surface area contributed by atoms with E-state index in [4.69, 9.17) is 18.3 Å². The highest BCUT2D eigenvalue weighted by Gasteiger charge is 2.20. The molecule has 0 aliphatic carbocycles. The van der Waals surface area contributed by atoms with Crippen LogP contribution in [0.25, 0.3) is 11.7 Å². The van der Waals surface area contributed by atoms with Gasteiger partial charge in [0.2, 0.25) is 6.29 Å². The zero-order valence-corrected chi connectivity index (χ0v) is 10.5. The number of rotatable bonds is 4. The summed E-state index contributed by atoms with van der Waals surface area (Å²) in [7, 11) is 3.06. The molecule has 0 aliphatic rings. The van der Waals surface area contributed by atoms with Gasteiger partial charge in [-0.1, -0.05) is 12.6 Å². The van der Waals surface area contributed by atoms with Crippen molar-refractivity contribution in [1.82, 2.24) is 10.2 Å². The van der Waals surface area contributed by atoms with Gasteiger partial charge < -0.3 is 18.3 Å². The maximum Gasteiger partial charge on any atom is 0.284 e. The molecule has 0 aliphatic heterocycles. The van der Waals surface area contributed by atoms with Crippen molar-refractivity contribution < 1.29 is 18.3 Å². The second kappa shape index (κ2) is 4.91. The van der Waals surface area contributed by atoms with Gasteiger partial charge in [0.15, 0.2) is 11.5 Å². The monoisotopic (exact) mass is 256 g/mol. The predicted molar refractivity (Wildman–Crippen MR) is 60.7 cm³/mol. The van der Waals surface area contributed by atoms with E-state index in [1.54, 1.807) is 6.07 Å². The molecule has 2 aromatic heterocycles. The van der Waals surface area contributed by atoms with Crippen molar-refractivity contribution in [2.45, 2.75) is 18.4 Å². The summed E-state index contributed by atoms with van der Waals surface area (Å²) in [4.78, 5) is 0. The van der Waals surface area contributed by atoms with Gasteiger partial charge in [-0.3, -0.25) is 0 Å². The number of thiol groups is 1. The Bertz CT molecular complexity index is 504. The topological polar surface area (TPSA) is 70.5 Å². The fourth-order valence-electron chi connectivity index (χ4n) is 1.47. The molecule has 0 aromatic carbocycles. The summed E-state index contributed by atoms with van der Waals surface area (Å²) in [6.07, 6.45) is -0.555. The van der Waals surface area contributed by atoms with Crippen LogP contribution in [-0.2, 0) is 9.47 Å². The van der Waals surface area contributed by atoms with Gasteiger partial charge in [-0.25, -0.2) is 0 Å². The van der Waals surface area contributed by atoms with Gasteiger partial charge in [0, 0.05) is 19.8 Å². The van der Waals surface area contributed by atoms with Gasteiger partial charge in [-0.05, 0) is 13.0 Å². The van der Waals surface area contributed by atoms with Crippen molar-refractivity contribution in [3.8, 4) is 11.7 Å². The average molecular weight is 256 g/mol. The molecule has 6 nitrogen and oxygen atoms in total. The summed E-state index contributed by atoms with van der Waals surface area (Å²) in [6.45, 7) is 1.87. The number of nitrogens with zero attached hydrogens (tertiary/aromatic N) is 2. The average Bonchev–Trinajstić information content (AvgIpc) is 2.87. The summed E-state index contributed by atoms with van der Waals surface area (Å²) >= 11 is 3.94. The lowest BCUT2D eigenvalue weighted by Crippen LogP contribution is -2.01. The minimum atomic E-state index is -0.555. The zero-order chi connectivity index (χ0) is 12.4. The first-order valence-electron chi connectivity index (χ1n) is 4.84. The quantitative estimate of drug-likeness (QED) is 0.668. The third-order valence-corrected chi connectivity index (χ3v) is 2.39. The van der Waals surface area contributed by atoms with Crippen LogP contribution in [0.3, 0.4) is 0 Å². The van der Waals surface area contributed by atoms with Crippen molar-refractivity contribution in [2.75, 3.05) is 14.2 Å². The second-order valence-corrected chi connectivity index (χ2v) is 3.74. The number of aryl methyl sites for hydroxylation is 1. The Balaban J connectivity index is 2.37. The van der Waals surface area contributed by atoms with Gasteiger partial charge >= 0.3 is 0 Å². The molecule has 2 rings (SSSR count). The SMILES string of the molecule is COC(OC)c1cc(C)c(-c2nnc(S)o2)o1. The van der Waals surface area contributed by atoms with Crippen molar-refractivity contribution in [3.05, 3.63) is 17.4 Å². The molecule has 2 aromatic rings. The third-order valence-electron chi connectivity index (χ3n) is 2.21. The van der Waals surface area contributed by atoms with Crippen LogP contribution >= 0.6 is 12.6 Å². The van der Waals surface area contributed by atoms with Gasteiger partial charge in [0.25, 0.3) is 11.1 Å². The van der Waals surface area contributed by atoms with Gasteiger partial charge in [0.1, 0.15) is 0 Å². The fraction of sp³-hybridized carbons (Fsp3) is 0.400. The van der Waals surface area contributed by atoms with Crippen LogP contribution in [0.2, 0.25) is 0 Å². The summed E-state index contributed by atoms with van der Waals surface area (Å²) in [5, 5.41) is 7.64. The molecule has 0 saturated carbocycles. The first kappa shape index (κ1) is 12.2. The Hall–Kier alpha value is -1.31. The molecule has 0 saturated heterocycles. The molecule has 0 amide bonds. The van der Waals surface area contributed by atoms with E-state index in [2.05, 4.69) is 22.8 Å². The predicted octanol–water partition coefficient (Wildman–Crippen LogP) is 2.22. The van der Waals surface area contributed by atoms with E-state index in [1.165, 1.54) is 14.2 Å². The van der Waals surface area contributed by atoms with E-state index >= 15 is 0 Å². The van der Waals surface area contributed by atoms with Crippen LogP contribution in [0, 0.1) is 6.92 Å². The summed E-state index contributed by atoms with van der Waals surface area (Å²) in [5.74, 6) is 1.32. The van der Waals surface area contributed by atoms with Crippen LogP contribution in [0.15, 0.2) is 20.1 Å². The zero-order valence-electron chi connectivity index (χ0n) is 9.63. The Morgan fingerprint density at radius 2 is 1.94 bits per heavy atom. The van der Waals surface area contributed by atoms with Crippen molar-refractivity contribution in [1.29, 1.82) is 0 Å². The van der Waals surface area contributed by atoms with E-state index in [1.807, 2.05) is 6.92 Å². The smallest absolute Gasteiger partial charge is 0.284 e. The number of hydrogen-bond acceptors (Lipinski definition) is 7. The maximum atomic E-state index is 5.58. The molecule has 7 heteroatoms. The first-order valence-corrected chi connectivity index (χ1v) is 5.29. The van der Waals surface area contributed by atoms with E-state index in [0.717, 1.165) is 5.56 Å². The highest BCUT2D eigenvalue weighted by molar-refractivity contribution is 7.80. The molecule has 0 spiro atoms. The van der Waals surface area contributed by atoms with Crippen molar-refractivity contribution in [3.63, 3.8) is 0 Å². The molecule has 0 unspecified atom stereocenters. The Morgan fingerprint density at radius 3 is 2.47 bits per heavy atom. The van der Waals surface area contributed by atoms with E-state index in [0.29, 0.717) is 11.5 Å². The first-order chi connectivity index (χ1) is 8.15. The molecule has 2 heterocycles. The molecular formula is C10H12N2O4S. The maximum absolute atomic E-state index is 5.58. The molecule has 17 heavy (non-hydrogen) atoms. The summed E-state index contributed by atoms with van der Waals surface area (Å²) in [5.41, 5.74) is 0.857. The highest BCUT2D eigenvalue weighted by Crippen LogP contribution is 2.30. The number of furan rings is 1. The Labute approximate surface area is 103 Å². The van der Waals surface area contributed by atoms with Gasteiger partial charge in [-0.15, -0.1) is 10.2 Å².